The monoisotopic (exact) mass is 420 g/mol. The van der Waals surface area contributed by atoms with Gasteiger partial charge in [0.1, 0.15) is 5.82 Å². The first kappa shape index (κ1) is 20.7. The first-order valence-corrected chi connectivity index (χ1v) is 10.3. The minimum Gasteiger partial charge on any atom is -0.360 e. The number of para-hydroxylation sites is 1. The summed E-state index contributed by atoms with van der Waals surface area (Å²) >= 11 is 0. The lowest BCUT2D eigenvalue weighted by atomic mass is 9.98. The molecule has 1 aromatic heterocycles. The summed E-state index contributed by atoms with van der Waals surface area (Å²) in [6.45, 7) is 4.77. The highest BCUT2D eigenvalue weighted by molar-refractivity contribution is 6.04. The summed E-state index contributed by atoms with van der Waals surface area (Å²) in [5.41, 5.74) is 3.87. The van der Waals surface area contributed by atoms with Crippen molar-refractivity contribution in [2.24, 2.45) is 0 Å². The Bertz CT molecular complexity index is 1170. The van der Waals surface area contributed by atoms with Gasteiger partial charge in [-0.25, -0.2) is 9.18 Å². The number of benzene rings is 2. The molecule has 1 aliphatic heterocycles. The molecule has 0 fully saturated rings. The molecule has 0 aliphatic carbocycles. The number of H-pyrrole nitrogens is 1. The lowest BCUT2D eigenvalue weighted by Crippen LogP contribution is -2.37. The fourth-order valence-electron chi connectivity index (χ4n) is 3.83. The van der Waals surface area contributed by atoms with Crippen LogP contribution in [0.5, 0.6) is 0 Å². The van der Waals surface area contributed by atoms with Crippen molar-refractivity contribution >= 4 is 34.1 Å². The molecule has 0 radical (unpaired) electrons. The third-order valence-electron chi connectivity index (χ3n) is 5.31. The van der Waals surface area contributed by atoms with Crippen LogP contribution in [0.2, 0.25) is 0 Å². The number of urea groups is 1. The van der Waals surface area contributed by atoms with E-state index in [4.69, 9.17) is 0 Å². The molecular weight excluding hydrogens is 395 g/mol. The van der Waals surface area contributed by atoms with Gasteiger partial charge in [-0.05, 0) is 56.2 Å². The standard InChI is InChI=1S/C24H25FN4O2/c1-15(2)27-24(31)28-21-6-4-3-5-19(21)23(30)29-11-9-16(10-12-29)20-14-26-22-13-17(25)7-8-18(20)22/h3-9,13-15,26H,10-12H2,1-2H3,(H2,27,28,31). The van der Waals surface area contributed by atoms with Gasteiger partial charge in [0, 0.05) is 41.8 Å². The van der Waals surface area contributed by atoms with Crippen molar-refractivity contribution in [1.29, 1.82) is 0 Å². The maximum Gasteiger partial charge on any atom is 0.319 e. The molecule has 4 rings (SSSR count). The predicted molar refractivity (Wildman–Crippen MR) is 120 cm³/mol. The van der Waals surface area contributed by atoms with Crippen LogP contribution in [0.1, 0.15) is 36.2 Å². The van der Waals surface area contributed by atoms with Crippen molar-refractivity contribution in [3.05, 3.63) is 71.7 Å². The van der Waals surface area contributed by atoms with Crippen LogP contribution in [0.3, 0.4) is 0 Å². The predicted octanol–water partition coefficient (Wildman–Crippen LogP) is 4.77. The number of aromatic amines is 1. The highest BCUT2D eigenvalue weighted by Gasteiger charge is 2.23. The molecule has 0 unspecified atom stereocenters. The molecule has 31 heavy (non-hydrogen) atoms. The Morgan fingerprint density at radius 1 is 1.16 bits per heavy atom. The maximum absolute atomic E-state index is 13.5. The molecule has 0 saturated carbocycles. The highest BCUT2D eigenvalue weighted by Crippen LogP contribution is 2.30. The third kappa shape index (κ3) is 4.45. The van der Waals surface area contributed by atoms with Gasteiger partial charge in [-0.1, -0.05) is 18.2 Å². The van der Waals surface area contributed by atoms with E-state index in [9.17, 15) is 14.0 Å². The van der Waals surface area contributed by atoms with Gasteiger partial charge in [0.25, 0.3) is 5.91 Å². The van der Waals surface area contributed by atoms with E-state index < -0.39 is 0 Å². The number of amides is 3. The van der Waals surface area contributed by atoms with Crippen LogP contribution in [0.15, 0.2) is 54.7 Å². The van der Waals surface area contributed by atoms with Gasteiger partial charge < -0.3 is 20.5 Å². The van der Waals surface area contributed by atoms with Gasteiger partial charge in [0.15, 0.2) is 0 Å². The molecule has 2 aromatic carbocycles. The minimum atomic E-state index is -0.341. The Morgan fingerprint density at radius 3 is 2.71 bits per heavy atom. The van der Waals surface area contributed by atoms with E-state index in [2.05, 4.69) is 15.6 Å². The van der Waals surface area contributed by atoms with Crippen LogP contribution >= 0.6 is 0 Å². The lowest BCUT2D eigenvalue weighted by molar-refractivity contribution is 0.0774. The molecule has 2 heterocycles. The van der Waals surface area contributed by atoms with Crippen LogP contribution in [-0.4, -0.2) is 41.0 Å². The Labute approximate surface area is 180 Å². The molecule has 6 nitrogen and oxygen atoms in total. The summed E-state index contributed by atoms with van der Waals surface area (Å²) in [5.74, 6) is -0.401. The molecule has 3 N–H and O–H groups in total. The van der Waals surface area contributed by atoms with Gasteiger partial charge >= 0.3 is 6.03 Å². The average molecular weight is 420 g/mol. The second-order valence-electron chi connectivity index (χ2n) is 7.92. The number of carbonyl (C=O) groups excluding carboxylic acids is 2. The highest BCUT2D eigenvalue weighted by atomic mass is 19.1. The van der Waals surface area contributed by atoms with Crippen molar-refractivity contribution in [2.45, 2.75) is 26.3 Å². The van der Waals surface area contributed by atoms with E-state index in [-0.39, 0.29) is 23.8 Å². The second-order valence-corrected chi connectivity index (χ2v) is 7.92. The number of hydrogen-bond acceptors (Lipinski definition) is 2. The zero-order chi connectivity index (χ0) is 22.0. The summed E-state index contributed by atoms with van der Waals surface area (Å²) in [6.07, 6.45) is 4.62. The average Bonchev–Trinajstić information content (AvgIpc) is 3.16. The number of aromatic nitrogens is 1. The van der Waals surface area contributed by atoms with Crippen molar-refractivity contribution < 1.29 is 14.0 Å². The van der Waals surface area contributed by atoms with E-state index in [0.29, 0.717) is 30.8 Å². The molecule has 0 bridgehead atoms. The van der Waals surface area contributed by atoms with Gasteiger partial charge in [-0.2, -0.15) is 0 Å². The molecule has 0 spiro atoms. The topological polar surface area (TPSA) is 77.2 Å². The Balaban J connectivity index is 1.50. The summed E-state index contributed by atoms with van der Waals surface area (Å²) in [5, 5.41) is 6.51. The van der Waals surface area contributed by atoms with Crippen LogP contribution in [0.4, 0.5) is 14.9 Å². The van der Waals surface area contributed by atoms with Gasteiger partial charge in [0.2, 0.25) is 0 Å². The largest absolute Gasteiger partial charge is 0.360 e. The maximum atomic E-state index is 13.5. The van der Waals surface area contributed by atoms with Crippen molar-refractivity contribution in [1.82, 2.24) is 15.2 Å². The van der Waals surface area contributed by atoms with Crippen molar-refractivity contribution in [3.8, 4) is 0 Å². The molecule has 1 aliphatic rings. The van der Waals surface area contributed by atoms with E-state index in [1.807, 2.05) is 26.1 Å². The molecule has 160 valence electrons. The van der Waals surface area contributed by atoms with Crippen LogP contribution in [0, 0.1) is 5.82 Å². The minimum absolute atomic E-state index is 0.00507. The molecular formula is C24H25FN4O2. The summed E-state index contributed by atoms with van der Waals surface area (Å²) < 4.78 is 13.5. The van der Waals surface area contributed by atoms with E-state index in [1.54, 1.807) is 35.2 Å². The number of hydrogen-bond donors (Lipinski definition) is 3. The van der Waals surface area contributed by atoms with Gasteiger partial charge in [-0.3, -0.25) is 4.79 Å². The number of anilines is 1. The van der Waals surface area contributed by atoms with Crippen molar-refractivity contribution in [3.63, 3.8) is 0 Å². The number of halogens is 1. The Hall–Kier alpha value is -3.61. The number of fused-ring (bicyclic) bond motifs is 1. The van der Waals surface area contributed by atoms with Crippen LogP contribution in [0.25, 0.3) is 16.5 Å². The van der Waals surface area contributed by atoms with E-state index in [1.165, 1.54) is 12.1 Å². The Kier molecular flexibility index (Phi) is 5.75. The number of nitrogens with one attached hydrogen (secondary N) is 3. The molecule has 3 amide bonds. The smallest absolute Gasteiger partial charge is 0.319 e. The van der Waals surface area contributed by atoms with Crippen LogP contribution < -0.4 is 10.6 Å². The SMILES string of the molecule is CC(C)NC(=O)Nc1ccccc1C(=O)N1CC=C(c2c[nH]c3cc(F)ccc23)CC1. The summed E-state index contributed by atoms with van der Waals surface area (Å²) in [7, 11) is 0. The summed E-state index contributed by atoms with van der Waals surface area (Å²) in [6, 6.07) is 11.4. The zero-order valence-electron chi connectivity index (χ0n) is 17.5. The fraction of sp³-hybridized carbons (Fsp3) is 0.250. The molecule has 7 heteroatoms. The number of rotatable bonds is 4. The first-order valence-electron chi connectivity index (χ1n) is 10.3. The number of nitrogens with zero attached hydrogens (tertiary/aromatic N) is 1. The normalized spacial score (nSPS) is 13.9. The summed E-state index contributed by atoms with van der Waals surface area (Å²) in [4.78, 5) is 30.1. The van der Waals surface area contributed by atoms with Gasteiger partial charge in [0.05, 0.1) is 11.3 Å². The lowest BCUT2D eigenvalue weighted by Gasteiger charge is -2.27. The van der Waals surface area contributed by atoms with E-state index >= 15 is 0 Å². The molecule has 0 saturated heterocycles. The van der Waals surface area contributed by atoms with Crippen molar-refractivity contribution in [2.75, 3.05) is 18.4 Å². The third-order valence-corrected chi connectivity index (χ3v) is 5.31. The first-order chi connectivity index (χ1) is 14.9. The quantitative estimate of drug-likeness (QED) is 0.569. The fourth-order valence-corrected chi connectivity index (χ4v) is 3.83. The van der Waals surface area contributed by atoms with E-state index in [0.717, 1.165) is 22.0 Å². The molecule has 0 atom stereocenters. The number of carbonyl (C=O) groups is 2. The second kappa shape index (κ2) is 8.63. The van der Waals surface area contributed by atoms with Crippen LogP contribution in [-0.2, 0) is 0 Å². The molecule has 3 aromatic rings. The Morgan fingerprint density at radius 2 is 1.97 bits per heavy atom. The zero-order valence-corrected chi connectivity index (χ0v) is 17.5. The van der Waals surface area contributed by atoms with Gasteiger partial charge in [-0.15, -0.1) is 0 Å².